The minimum Gasteiger partial charge on any atom is -0.364 e. The van der Waals surface area contributed by atoms with Gasteiger partial charge >= 0.3 is 0 Å². The van der Waals surface area contributed by atoms with Crippen LogP contribution in [0.3, 0.4) is 0 Å². The molecule has 2 aromatic rings. The van der Waals surface area contributed by atoms with Crippen LogP contribution in [0.5, 0.6) is 0 Å². The molecule has 0 unspecified atom stereocenters. The van der Waals surface area contributed by atoms with E-state index in [0.29, 0.717) is 24.1 Å². The zero-order chi connectivity index (χ0) is 14.8. The lowest BCUT2D eigenvalue weighted by Crippen LogP contribution is -2.15. The molecule has 0 radical (unpaired) electrons. The van der Waals surface area contributed by atoms with Gasteiger partial charge in [0.15, 0.2) is 0 Å². The van der Waals surface area contributed by atoms with Crippen molar-refractivity contribution in [1.82, 2.24) is 19.6 Å². The van der Waals surface area contributed by atoms with Gasteiger partial charge in [0.2, 0.25) is 0 Å². The molecule has 0 bridgehead atoms. The second-order valence-corrected chi connectivity index (χ2v) is 5.52. The van der Waals surface area contributed by atoms with Crippen molar-refractivity contribution in [3.63, 3.8) is 0 Å². The predicted molar refractivity (Wildman–Crippen MR) is 86.0 cm³/mol. The molecule has 7 nitrogen and oxygen atoms in total. The summed E-state index contributed by atoms with van der Waals surface area (Å²) < 4.78 is 3.55. The van der Waals surface area contributed by atoms with Gasteiger partial charge in [0.05, 0.1) is 12.2 Å². The molecule has 1 aliphatic carbocycles. The Hall–Kier alpha value is -2.02. The third kappa shape index (κ3) is 3.41. The van der Waals surface area contributed by atoms with Crippen LogP contribution in [-0.2, 0) is 13.6 Å². The van der Waals surface area contributed by atoms with Crippen LogP contribution in [0.25, 0.3) is 0 Å². The Bertz CT molecular complexity index is 644. The highest BCUT2D eigenvalue weighted by Gasteiger charge is 2.17. The standard InChI is InChI=1S/C14H20N6O.ClH/c1-19-12(14(15)21)6-13(18-19)16-7-10-8-17-20(9-10)11-4-2-3-5-11;/h6,8-9,11H,2-5,7H2,1H3,(H2,15,21)(H,16,18);1H. The zero-order valence-electron chi connectivity index (χ0n) is 12.5. The Morgan fingerprint density at radius 3 is 2.82 bits per heavy atom. The number of carbonyl (C=O) groups is 1. The molecule has 1 amide bonds. The quantitative estimate of drug-likeness (QED) is 0.878. The summed E-state index contributed by atoms with van der Waals surface area (Å²) >= 11 is 0. The van der Waals surface area contributed by atoms with Gasteiger partial charge in [0, 0.05) is 31.4 Å². The number of carbonyl (C=O) groups excluding carboxylic acids is 1. The number of nitrogens with one attached hydrogen (secondary N) is 1. The molecular formula is C14H21ClN6O. The van der Waals surface area contributed by atoms with Gasteiger partial charge in [-0.3, -0.25) is 14.2 Å². The number of primary amides is 1. The van der Waals surface area contributed by atoms with Crippen LogP contribution in [0, 0.1) is 0 Å². The van der Waals surface area contributed by atoms with Gasteiger partial charge in [-0.15, -0.1) is 12.4 Å². The predicted octanol–water partition coefficient (Wildman–Crippen LogP) is 1.86. The summed E-state index contributed by atoms with van der Waals surface area (Å²) in [7, 11) is 1.70. The van der Waals surface area contributed by atoms with E-state index in [4.69, 9.17) is 5.73 Å². The molecule has 2 heterocycles. The number of hydrogen-bond donors (Lipinski definition) is 2. The van der Waals surface area contributed by atoms with Crippen molar-refractivity contribution in [1.29, 1.82) is 0 Å². The van der Waals surface area contributed by atoms with Gasteiger partial charge in [-0.2, -0.15) is 10.2 Å². The fraction of sp³-hybridized carbons (Fsp3) is 0.500. The second kappa shape index (κ2) is 6.83. The Morgan fingerprint density at radius 2 is 2.18 bits per heavy atom. The highest BCUT2D eigenvalue weighted by atomic mass is 35.5. The smallest absolute Gasteiger partial charge is 0.267 e. The summed E-state index contributed by atoms with van der Waals surface area (Å²) in [6, 6.07) is 2.21. The van der Waals surface area contributed by atoms with Crippen molar-refractivity contribution >= 4 is 24.1 Å². The second-order valence-electron chi connectivity index (χ2n) is 5.52. The first kappa shape index (κ1) is 16.4. The van der Waals surface area contributed by atoms with Crippen LogP contribution in [0.2, 0.25) is 0 Å². The molecule has 2 aromatic heterocycles. The normalized spacial score (nSPS) is 14.8. The molecular weight excluding hydrogens is 304 g/mol. The summed E-state index contributed by atoms with van der Waals surface area (Å²) in [6.07, 6.45) is 8.99. The zero-order valence-corrected chi connectivity index (χ0v) is 13.3. The first-order chi connectivity index (χ1) is 10.1. The van der Waals surface area contributed by atoms with Crippen molar-refractivity contribution in [3.8, 4) is 0 Å². The van der Waals surface area contributed by atoms with Crippen LogP contribution < -0.4 is 11.1 Å². The Balaban J connectivity index is 0.00000176. The summed E-state index contributed by atoms with van der Waals surface area (Å²) in [4.78, 5) is 11.2. The third-order valence-corrected chi connectivity index (χ3v) is 3.96. The number of hydrogen-bond acceptors (Lipinski definition) is 4. The lowest BCUT2D eigenvalue weighted by Gasteiger charge is -2.08. The monoisotopic (exact) mass is 324 g/mol. The maximum Gasteiger partial charge on any atom is 0.267 e. The molecule has 0 aliphatic heterocycles. The number of aromatic nitrogens is 4. The fourth-order valence-electron chi connectivity index (χ4n) is 2.81. The molecule has 0 saturated heterocycles. The third-order valence-electron chi connectivity index (χ3n) is 3.96. The van der Waals surface area contributed by atoms with Gasteiger partial charge in [0.1, 0.15) is 11.5 Å². The van der Waals surface area contributed by atoms with E-state index in [2.05, 4.69) is 26.4 Å². The minimum atomic E-state index is -0.480. The number of nitrogens with zero attached hydrogens (tertiary/aromatic N) is 4. The number of nitrogens with two attached hydrogens (primary N) is 1. The highest BCUT2D eigenvalue weighted by molar-refractivity contribution is 5.91. The molecule has 3 rings (SSSR count). The summed E-state index contributed by atoms with van der Waals surface area (Å²) in [5, 5.41) is 11.8. The van der Waals surface area contributed by atoms with E-state index in [9.17, 15) is 4.79 Å². The molecule has 0 spiro atoms. The van der Waals surface area contributed by atoms with Crippen molar-refractivity contribution < 1.29 is 4.79 Å². The molecule has 1 saturated carbocycles. The average molecular weight is 325 g/mol. The van der Waals surface area contributed by atoms with Crippen molar-refractivity contribution in [2.75, 3.05) is 5.32 Å². The maximum absolute atomic E-state index is 11.2. The number of halogens is 1. The van der Waals surface area contributed by atoms with E-state index < -0.39 is 5.91 Å². The average Bonchev–Trinajstić information content (AvgIpc) is 3.16. The lowest BCUT2D eigenvalue weighted by atomic mass is 10.2. The van der Waals surface area contributed by atoms with Crippen LogP contribution in [0.15, 0.2) is 18.5 Å². The Morgan fingerprint density at radius 1 is 1.45 bits per heavy atom. The molecule has 1 fully saturated rings. The molecule has 8 heteroatoms. The molecule has 120 valence electrons. The molecule has 0 atom stereocenters. The lowest BCUT2D eigenvalue weighted by molar-refractivity contribution is 0.0991. The number of anilines is 1. The number of aryl methyl sites for hydroxylation is 1. The van der Waals surface area contributed by atoms with Gasteiger partial charge in [-0.05, 0) is 12.8 Å². The largest absolute Gasteiger partial charge is 0.364 e. The van der Waals surface area contributed by atoms with E-state index in [1.807, 2.05) is 6.20 Å². The fourth-order valence-corrected chi connectivity index (χ4v) is 2.81. The van der Waals surface area contributed by atoms with Crippen LogP contribution in [0.1, 0.15) is 47.8 Å². The minimum absolute atomic E-state index is 0. The van der Waals surface area contributed by atoms with Gasteiger partial charge < -0.3 is 11.1 Å². The maximum atomic E-state index is 11.2. The van der Waals surface area contributed by atoms with E-state index in [0.717, 1.165) is 5.56 Å². The molecule has 3 N–H and O–H groups in total. The number of amides is 1. The van der Waals surface area contributed by atoms with Crippen molar-refractivity contribution in [2.45, 2.75) is 38.3 Å². The number of rotatable bonds is 5. The van der Waals surface area contributed by atoms with Crippen molar-refractivity contribution in [2.24, 2.45) is 12.8 Å². The van der Waals surface area contributed by atoms with E-state index in [-0.39, 0.29) is 12.4 Å². The first-order valence-electron chi connectivity index (χ1n) is 7.24. The van der Waals surface area contributed by atoms with E-state index in [1.54, 1.807) is 13.1 Å². The van der Waals surface area contributed by atoms with E-state index >= 15 is 0 Å². The van der Waals surface area contributed by atoms with Gasteiger partial charge in [0.25, 0.3) is 5.91 Å². The van der Waals surface area contributed by atoms with Crippen LogP contribution in [0.4, 0.5) is 5.82 Å². The van der Waals surface area contributed by atoms with Gasteiger partial charge in [-0.25, -0.2) is 0 Å². The summed E-state index contributed by atoms with van der Waals surface area (Å²) in [6.45, 7) is 0.627. The Kier molecular flexibility index (Phi) is 5.07. The topological polar surface area (TPSA) is 90.8 Å². The highest BCUT2D eigenvalue weighted by Crippen LogP contribution is 2.28. The van der Waals surface area contributed by atoms with Crippen LogP contribution in [-0.4, -0.2) is 25.5 Å². The van der Waals surface area contributed by atoms with Gasteiger partial charge in [-0.1, -0.05) is 12.8 Å². The Labute approximate surface area is 135 Å². The van der Waals surface area contributed by atoms with Crippen molar-refractivity contribution in [3.05, 3.63) is 29.7 Å². The summed E-state index contributed by atoms with van der Waals surface area (Å²) in [5.41, 5.74) is 6.76. The van der Waals surface area contributed by atoms with E-state index in [1.165, 1.54) is 30.4 Å². The SMILES string of the molecule is Cl.Cn1nc(NCc2cnn(C3CCCC3)c2)cc1C(N)=O. The summed E-state index contributed by atoms with van der Waals surface area (Å²) in [5.74, 6) is 0.159. The molecule has 22 heavy (non-hydrogen) atoms. The molecule has 1 aliphatic rings. The molecule has 0 aromatic carbocycles. The van der Waals surface area contributed by atoms with Crippen LogP contribution >= 0.6 is 12.4 Å². The first-order valence-corrected chi connectivity index (χ1v) is 7.24.